The van der Waals surface area contributed by atoms with Crippen LogP contribution in [0, 0.1) is 17.7 Å². The molecular formula is C26H35BFN5O3. The standard InChI is InChI=1S/C26H35BFN5O3/c1-15-7-9-16(10-8-15)21(32-24(34)19-13-14-29-33(19)6)23-30-18-12-11-17(20(28)22(18)31-23)27-35-25(2,3)26(4,5)36-27/h11-16,21H,7-10H2,1-6H3,(H,30,31)(H,32,34)/t15?,16?,21-/m0/s1. The van der Waals surface area contributed by atoms with Crippen LogP contribution in [0.1, 0.15) is 82.7 Å². The summed E-state index contributed by atoms with van der Waals surface area (Å²) in [6.07, 6.45) is 5.71. The van der Waals surface area contributed by atoms with Gasteiger partial charge in [0.15, 0.2) is 5.82 Å². The van der Waals surface area contributed by atoms with Crippen LogP contribution in [0.2, 0.25) is 0 Å². The number of aromatic nitrogens is 4. The van der Waals surface area contributed by atoms with Gasteiger partial charge in [-0.25, -0.2) is 9.37 Å². The molecule has 1 aromatic carbocycles. The number of benzene rings is 1. The molecule has 1 saturated carbocycles. The second kappa shape index (κ2) is 8.99. The highest BCUT2D eigenvalue weighted by atomic mass is 19.1. The van der Waals surface area contributed by atoms with E-state index >= 15 is 4.39 Å². The Kier molecular flexibility index (Phi) is 6.23. The number of carbonyl (C=O) groups excluding carboxylic acids is 1. The lowest BCUT2D eigenvalue weighted by molar-refractivity contribution is 0.00578. The van der Waals surface area contributed by atoms with Crippen LogP contribution in [0.4, 0.5) is 4.39 Å². The molecule has 192 valence electrons. The molecular weight excluding hydrogens is 460 g/mol. The molecule has 1 atom stereocenters. The quantitative estimate of drug-likeness (QED) is 0.522. The molecule has 2 N–H and O–H groups in total. The van der Waals surface area contributed by atoms with Gasteiger partial charge in [-0.2, -0.15) is 5.10 Å². The van der Waals surface area contributed by atoms with Crippen LogP contribution in [0.25, 0.3) is 11.0 Å². The minimum atomic E-state index is -0.820. The Balaban J connectivity index is 1.49. The topological polar surface area (TPSA) is 94.1 Å². The number of nitrogens with zero attached hydrogens (tertiary/aromatic N) is 3. The summed E-state index contributed by atoms with van der Waals surface area (Å²) >= 11 is 0. The summed E-state index contributed by atoms with van der Waals surface area (Å²) in [5.74, 6) is 0.722. The van der Waals surface area contributed by atoms with E-state index in [0.29, 0.717) is 28.4 Å². The van der Waals surface area contributed by atoms with E-state index in [1.807, 2.05) is 27.7 Å². The minimum absolute atomic E-state index is 0.199. The number of amides is 1. The molecule has 0 radical (unpaired) electrons. The number of imidazole rings is 1. The molecule has 2 aliphatic rings. The molecule has 1 aliphatic carbocycles. The molecule has 2 aromatic heterocycles. The average Bonchev–Trinajstić information content (AvgIpc) is 3.49. The summed E-state index contributed by atoms with van der Waals surface area (Å²) in [6, 6.07) is 4.81. The third-order valence-corrected chi connectivity index (χ3v) is 8.31. The predicted molar refractivity (Wildman–Crippen MR) is 136 cm³/mol. The van der Waals surface area contributed by atoms with Crippen molar-refractivity contribution in [3.8, 4) is 0 Å². The van der Waals surface area contributed by atoms with E-state index in [1.165, 1.54) is 0 Å². The van der Waals surface area contributed by atoms with Gasteiger partial charge in [0.1, 0.15) is 17.0 Å². The lowest BCUT2D eigenvalue weighted by atomic mass is 9.78. The normalized spacial score (nSPS) is 24.2. The first-order valence-corrected chi connectivity index (χ1v) is 12.8. The van der Waals surface area contributed by atoms with Crippen LogP contribution in [-0.4, -0.2) is 44.0 Å². The molecule has 0 bridgehead atoms. The van der Waals surface area contributed by atoms with Crippen molar-refractivity contribution in [2.75, 3.05) is 0 Å². The summed E-state index contributed by atoms with van der Waals surface area (Å²) in [4.78, 5) is 21.1. The molecule has 1 aliphatic heterocycles. The average molecular weight is 495 g/mol. The van der Waals surface area contributed by atoms with Crippen molar-refractivity contribution < 1.29 is 18.5 Å². The fourth-order valence-electron chi connectivity index (χ4n) is 5.22. The van der Waals surface area contributed by atoms with Gasteiger partial charge in [-0.15, -0.1) is 0 Å². The monoisotopic (exact) mass is 495 g/mol. The lowest BCUT2D eigenvalue weighted by Gasteiger charge is -2.32. The number of aryl methyl sites for hydroxylation is 1. The molecule has 1 saturated heterocycles. The fraction of sp³-hybridized carbons (Fsp3) is 0.577. The van der Waals surface area contributed by atoms with Crippen molar-refractivity contribution in [2.45, 2.75) is 77.5 Å². The summed E-state index contributed by atoms with van der Waals surface area (Å²) in [6.45, 7) is 10.0. The number of rotatable bonds is 5. The third-order valence-electron chi connectivity index (χ3n) is 8.31. The SMILES string of the molecule is CC1CCC([C@H](NC(=O)c2ccnn2C)c2nc3c(F)c(B4OC(C)(C)C(C)(C)O4)ccc3[nH]2)CC1. The molecule has 3 aromatic rings. The number of aromatic amines is 1. The summed E-state index contributed by atoms with van der Waals surface area (Å²) < 4.78 is 29.5. The van der Waals surface area contributed by atoms with Crippen molar-refractivity contribution in [3.63, 3.8) is 0 Å². The Labute approximate surface area is 211 Å². The second-order valence-electron chi connectivity index (χ2n) is 11.4. The Morgan fingerprint density at radius 2 is 1.83 bits per heavy atom. The van der Waals surface area contributed by atoms with Gasteiger partial charge in [-0.1, -0.05) is 25.8 Å². The summed E-state index contributed by atoms with van der Waals surface area (Å²) in [5, 5.41) is 7.28. The Hall–Kier alpha value is -2.72. The fourth-order valence-corrected chi connectivity index (χ4v) is 5.22. The predicted octanol–water partition coefficient (Wildman–Crippen LogP) is 4.03. The number of halogens is 1. The first-order valence-electron chi connectivity index (χ1n) is 12.8. The van der Waals surface area contributed by atoms with Crippen molar-refractivity contribution in [3.05, 3.63) is 41.7 Å². The van der Waals surface area contributed by atoms with Gasteiger partial charge >= 0.3 is 7.12 Å². The molecule has 2 fully saturated rings. The van der Waals surface area contributed by atoms with Crippen LogP contribution in [0.5, 0.6) is 0 Å². The van der Waals surface area contributed by atoms with Crippen LogP contribution in [0.3, 0.4) is 0 Å². The van der Waals surface area contributed by atoms with E-state index in [9.17, 15) is 4.79 Å². The van der Waals surface area contributed by atoms with E-state index < -0.39 is 24.1 Å². The number of fused-ring (bicyclic) bond motifs is 1. The molecule has 1 amide bonds. The number of hydrogen-bond donors (Lipinski definition) is 2. The molecule has 10 heteroatoms. The highest BCUT2D eigenvalue weighted by Crippen LogP contribution is 2.38. The number of H-pyrrole nitrogens is 1. The van der Waals surface area contributed by atoms with Crippen molar-refractivity contribution in [1.29, 1.82) is 0 Å². The minimum Gasteiger partial charge on any atom is -0.399 e. The third kappa shape index (κ3) is 4.34. The highest BCUT2D eigenvalue weighted by molar-refractivity contribution is 6.62. The first-order chi connectivity index (χ1) is 17.0. The summed E-state index contributed by atoms with van der Waals surface area (Å²) in [5.41, 5.74) is 0.438. The number of carbonyl (C=O) groups is 1. The molecule has 36 heavy (non-hydrogen) atoms. The van der Waals surface area contributed by atoms with Gasteiger partial charge in [-0.05, 0) is 64.5 Å². The highest BCUT2D eigenvalue weighted by Gasteiger charge is 2.52. The van der Waals surface area contributed by atoms with E-state index in [0.717, 1.165) is 25.7 Å². The van der Waals surface area contributed by atoms with Gasteiger partial charge in [0.05, 0.1) is 22.8 Å². The Morgan fingerprint density at radius 3 is 2.44 bits per heavy atom. The summed E-state index contributed by atoms with van der Waals surface area (Å²) in [7, 11) is 0.916. The molecule has 0 unspecified atom stereocenters. The lowest BCUT2D eigenvalue weighted by Crippen LogP contribution is -2.41. The number of hydrogen-bond acceptors (Lipinski definition) is 5. The Morgan fingerprint density at radius 1 is 1.17 bits per heavy atom. The number of nitrogens with one attached hydrogen (secondary N) is 2. The zero-order chi connectivity index (χ0) is 25.8. The van der Waals surface area contributed by atoms with Gasteiger partial charge in [0.2, 0.25) is 0 Å². The maximum absolute atomic E-state index is 15.8. The van der Waals surface area contributed by atoms with E-state index in [-0.39, 0.29) is 23.4 Å². The van der Waals surface area contributed by atoms with E-state index in [4.69, 9.17) is 9.31 Å². The zero-order valence-corrected chi connectivity index (χ0v) is 21.9. The Bertz CT molecular complexity index is 1260. The van der Waals surface area contributed by atoms with E-state index in [1.54, 1.807) is 36.1 Å². The van der Waals surface area contributed by atoms with Crippen molar-refractivity contribution in [2.24, 2.45) is 18.9 Å². The van der Waals surface area contributed by atoms with Crippen molar-refractivity contribution >= 4 is 29.5 Å². The van der Waals surface area contributed by atoms with Crippen LogP contribution >= 0.6 is 0 Å². The molecule has 3 heterocycles. The smallest absolute Gasteiger partial charge is 0.399 e. The zero-order valence-electron chi connectivity index (χ0n) is 21.9. The maximum atomic E-state index is 15.8. The van der Waals surface area contributed by atoms with Gasteiger partial charge in [-0.3, -0.25) is 9.48 Å². The van der Waals surface area contributed by atoms with Gasteiger partial charge < -0.3 is 19.6 Å². The van der Waals surface area contributed by atoms with Gasteiger partial charge in [0.25, 0.3) is 5.91 Å². The first kappa shape index (κ1) is 25.0. The van der Waals surface area contributed by atoms with Crippen LogP contribution < -0.4 is 10.8 Å². The van der Waals surface area contributed by atoms with Crippen molar-refractivity contribution in [1.82, 2.24) is 25.1 Å². The van der Waals surface area contributed by atoms with E-state index in [2.05, 4.69) is 27.3 Å². The largest absolute Gasteiger partial charge is 0.497 e. The maximum Gasteiger partial charge on any atom is 0.497 e. The van der Waals surface area contributed by atoms with Gasteiger partial charge in [0, 0.05) is 18.7 Å². The molecule has 5 rings (SSSR count). The van der Waals surface area contributed by atoms with Crippen LogP contribution in [0.15, 0.2) is 24.4 Å². The second-order valence-corrected chi connectivity index (χ2v) is 11.4. The molecule has 8 nitrogen and oxygen atoms in total. The van der Waals surface area contributed by atoms with Crippen LogP contribution in [-0.2, 0) is 16.4 Å². The molecule has 0 spiro atoms.